The summed E-state index contributed by atoms with van der Waals surface area (Å²) in [6.07, 6.45) is -3.84. The SMILES string of the molecule is O=C(O)CCC1CCN(C(=O)C2(C(F)(F)F)CCNC2)C1. The zero-order valence-corrected chi connectivity index (χ0v) is 11.6. The van der Waals surface area contributed by atoms with Gasteiger partial charge in [0.1, 0.15) is 0 Å². The lowest BCUT2D eigenvalue weighted by molar-refractivity contribution is -0.221. The van der Waals surface area contributed by atoms with Crippen molar-refractivity contribution >= 4 is 11.9 Å². The number of carbonyl (C=O) groups is 2. The molecule has 2 aliphatic rings. The maximum atomic E-state index is 13.3. The average molecular weight is 308 g/mol. The molecule has 2 unspecified atom stereocenters. The maximum absolute atomic E-state index is 13.3. The Morgan fingerprint density at radius 3 is 2.62 bits per heavy atom. The lowest BCUT2D eigenvalue weighted by atomic mass is 9.84. The van der Waals surface area contributed by atoms with Gasteiger partial charge in [-0.1, -0.05) is 0 Å². The van der Waals surface area contributed by atoms with E-state index in [-0.39, 0.29) is 44.9 Å². The summed E-state index contributed by atoms with van der Waals surface area (Å²) in [7, 11) is 0. The number of carboxylic acids is 1. The summed E-state index contributed by atoms with van der Waals surface area (Å²) >= 11 is 0. The van der Waals surface area contributed by atoms with Gasteiger partial charge in [0.25, 0.3) is 0 Å². The Balaban J connectivity index is 2.01. The lowest BCUT2D eigenvalue weighted by Crippen LogP contribution is -2.53. The van der Waals surface area contributed by atoms with Crippen LogP contribution in [0.3, 0.4) is 0 Å². The van der Waals surface area contributed by atoms with Gasteiger partial charge in [-0.25, -0.2) is 0 Å². The number of halogens is 3. The van der Waals surface area contributed by atoms with Crippen LogP contribution < -0.4 is 5.32 Å². The van der Waals surface area contributed by atoms with Crippen LogP contribution in [0.15, 0.2) is 0 Å². The summed E-state index contributed by atoms with van der Waals surface area (Å²) in [5.74, 6) is -1.81. The van der Waals surface area contributed by atoms with Gasteiger partial charge in [-0.15, -0.1) is 0 Å². The van der Waals surface area contributed by atoms with Gasteiger partial charge < -0.3 is 15.3 Å². The van der Waals surface area contributed by atoms with Crippen LogP contribution >= 0.6 is 0 Å². The summed E-state index contributed by atoms with van der Waals surface area (Å²) in [5, 5.41) is 11.3. The van der Waals surface area contributed by atoms with Gasteiger partial charge in [0, 0.05) is 26.1 Å². The molecule has 120 valence electrons. The number of amides is 1. The molecule has 0 aromatic carbocycles. The van der Waals surface area contributed by atoms with Gasteiger partial charge in [-0.05, 0) is 31.7 Å². The van der Waals surface area contributed by atoms with E-state index in [4.69, 9.17) is 5.11 Å². The molecule has 2 aliphatic heterocycles. The Bertz CT molecular complexity index is 419. The molecule has 21 heavy (non-hydrogen) atoms. The molecule has 1 amide bonds. The normalized spacial score (nSPS) is 29.9. The van der Waals surface area contributed by atoms with Crippen LogP contribution in [0.4, 0.5) is 13.2 Å². The molecule has 0 saturated carbocycles. The molecule has 2 rings (SSSR count). The Morgan fingerprint density at radius 2 is 2.10 bits per heavy atom. The molecule has 2 atom stereocenters. The van der Waals surface area contributed by atoms with E-state index in [2.05, 4.69) is 5.32 Å². The number of nitrogens with zero attached hydrogens (tertiary/aromatic N) is 1. The number of rotatable bonds is 4. The van der Waals surface area contributed by atoms with E-state index < -0.39 is 23.5 Å². The van der Waals surface area contributed by atoms with Crippen molar-refractivity contribution in [1.29, 1.82) is 0 Å². The third-order valence-electron chi connectivity index (χ3n) is 4.45. The molecular formula is C13H19F3N2O3. The zero-order chi connectivity index (χ0) is 15.7. The van der Waals surface area contributed by atoms with Crippen molar-refractivity contribution in [2.24, 2.45) is 11.3 Å². The Morgan fingerprint density at radius 1 is 1.38 bits per heavy atom. The van der Waals surface area contributed by atoms with E-state index in [1.165, 1.54) is 4.90 Å². The minimum atomic E-state index is -4.56. The first kappa shape index (κ1) is 16.1. The monoisotopic (exact) mass is 308 g/mol. The van der Waals surface area contributed by atoms with Crippen LogP contribution in [-0.4, -0.2) is 54.2 Å². The number of hydrogen-bond acceptors (Lipinski definition) is 3. The molecule has 0 aliphatic carbocycles. The van der Waals surface area contributed by atoms with Gasteiger partial charge in [-0.3, -0.25) is 9.59 Å². The second kappa shape index (κ2) is 5.82. The number of likely N-dealkylation sites (tertiary alicyclic amines) is 1. The van der Waals surface area contributed by atoms with E-state index in [0.717, 1.165) is 0 Å². The number of hydrogen-bond donors (Lipinski definition) is 2. The molecule has 0 radical (unpaired) electrons. The molecule has 8 heteroatoms. The van der Waals surface area contributed by atoms with E-state index in [1.807, 2.05) is 0 Å². The average Bonchev–Trinajstić information content (AvgIpc) is 3.04. The standard InChI is InChI=1S/C13H19F3N2O3/c14-13(15,16)12(4-5-17-8-12)11(21)18-6-3-9(7-18)1-2-10(19)20/h9,17H,1-8H2,(H,19,20). The molecule has 2 fully saturated rings. The van der Waals surface area contributed by atoms with Crippen LogP contribution in [0.2, 0.25) is 0 Å². The summed E-state index contributed by atoms with van der Waals surface area (Å²) in [6.45, 7) is 0.318. The molecule has 0 aromatic heterocycles. The zero-order valence-electron chi connectivity index (χ0n) is 11.6. The number of nitrogens with one attached hydrogen (secondary N) is 1. The molecule has 2 saturated heterocycles. The number of alkyl halides is 3. The highest BCUT2D eigenvalue weighted by molar-refractivity contribution is 5.84. The fourth-order valence-corrected chi connectivity index (χ4v) is 3.12. The maximum Gasteiger partial charge on any atom is 0.404 e. The van der Waals surface area contributed by atoms with Crippen molar-refractivity contribution < 1.29 is 27.9 Å². The summed E-state index contributed by atoms with van der Waals surface area (Å²) in [6, 6.07) is 0. The van der Waals surface area contributed by atoms with Gasteiger partial charge >= 0.3 is 12.1 Å². The third-order valence-corrected chi connectivity index (χ3v) is 4.45. The van der Waals surface area contributed by atoms with Crippen LogP contribution in [-0.2, 0) is 9.59 Å². The van der Waals surface area contributed by atoms with Crippen molar-refractivity contribution in [3.63, 3.8) is 0 Å². The van der Waals surface area contributed by atoms with Crippen LogP contribution in [0, 0.1) is 11.3 Å². The third kappa shape index (κ3) is 3.14. The highest BCUT2D eigenvalue weighted by Crippen LogP contribution is 2.45. The number of carbonyl (C=O) groups excluding carboxylic acids is 1. The Hall–Kier alpha value is -1.31. The van der Waals surface area contributed by atoms with Gasteiger partial charge in [0.15, 0.2) is 5.41 Å². The van der Waals surface area contributed by atoms with E-state index >= 15 is 0 Å². The van der Waals surface area contributed by atoms with Crippen molar-refractivity contribution in [3.05, 3.63) is 0 Å². The van der Waals surface area contributed by atoms with Crippen molar-refractivity contribution in [1.82, 2.24) is 10.2 Å². The topological polar surface area (TPSA) is 69.6 Å². The van der Waals surface area contributed by atoms with E-state index in [0.29, 0.717) is 12.8 Å². The molecule has 5 nitrogen and oxygen atoms in total. The summed E-state index contributed by atoms with van der Waals surface area (Å²) in [5.41, 5.74) is -2.31. The van der Waals surface area contributed by atoms with Crippen molar-refractivity contribution in [2.45, 2.75) is 31.9 Å². The predicted molar refractivity (Wildman–Crippen MR) is 67.5 cm³/mol. The van der Waals surface area contributed by atoms with Crippen LogP contribution in [0.25, 0.3) is 0 Å². The molecule has 2 N–H and O–H groups in total. The second-order valence-electron chi connectivity index (χ2n) is 5.84. The van der Waals surface area contributed by atoms with Gasteiger partial charge in [-0.2, -0.15) is 13.2 Å². The molecule has 0 spiro atoms. The largest absolute Gasteiger partial charge is 0.481 e. The Labute approximate surface area is 120 Å². The first-order valence-corrected chi connectivity index (χ1v) is 7.05. The molecule has 0 aromatic rings. The van der Waals surface area contributed by atoms with Crippen LogP contribution in [0.5, 0.6) is 0 Å². The first-order chi connectivity index (χ1) is 9.76. The Kier molecular flexibility index (Phi) is 4.46. The summed E-state index contributed by atoms with van der Waals surface area (Å²) < 4.78 is 39.9. The van der Waals surface area contributed by atoms with Gasteiger partial charge in [0.05, 0.1) is 0 Å². The fourth-order valence-electron chi connectivity index (χ4n) is 3.12. The van der Waals surface area contributed by atoms with Crippen molar-refractivity contribution in [3.8, 4) is 0 Å². The second-order valence-corrected chi connectivity index (χ2v) is 5.84. The lowest BCUT2D eigenvalue weighted by Gasteiger charge is -2.33. The van der Waals surface area contributed by atoms with E-state index in [9.17, 15) is 22.8 Å². The number of aliphatic carboxylic acids is 1. The molecular weight excluding hydrogens is 289 g/mol. The fraction of sp³-hybridized carbons (Fsp3) is 0.846. The highest BCUT2D eigenvalue weighted by Gasteiger charge is 2.62. The van der Waals surface area contributed by atoms with E-state index in [1.54, 1.807) is 0 Å². The minimum Gasteiger partial charge on any atom is -0.481 e. The predicted octanol–water partition coefficient (Wildman–Crippen LogP) is 1.24. The molecule has 2 heterocycles. The first-order valence-electron chi connectivity index (χ1n) is 7.05. The highest BCUT2D eigenvalue weighted by atomic mass is 19.4. The number of carboxylic acid groups (broad SMARTS) is 1. The molecule has 0 bridgehead atoms. The quantitative estimate of drug-likeness (QED) is 0.820. The summed E-state index contributed by atoms with van der Waals surface area (Å²) in [4.78, 5) is 24.1. The van der Waals surface area contributed by atoms with Crippen molar-refractivity contribution in [2.75, 3.05) is 26.2 Å². The van der Waals surface area contributed by atoms with Crippen LogP contribution in [0.1, 0.15) is 25.7 Å². The minimum absolute atomic E-state index is 0.0152. The smallest absolute Gasteiger partial charge is 0.404 e. The van der Waals surface area contributed by atoms with Gasteiger partial charge in [0.2, 0.25) is 5.91 Å².